The van der Waals surface area contributed by atoms with Crippen LogP contribution in [0.5, 0.6) is 0 Å². The Kier molecular flexibility index (Phi) is 4.99. The van der Waals surface area contributed by atoms with Crippen molar-refractivity contribution in [3.8, 4) is 0 Å². The molecule has 0 saturated heterocycles. The van der Waals surface area contributed by atoms with Crippen molar-refractivity contribution in [1.29, 1.82) is 0 Å². The molecule has 0 saturated carbocycles. The van der Waals surface area contributed by atoms with Crippen LogP contribution in [0.25, 0.3) is 10.9 Å². The van der Waals surface area contributed by atoms with Crippen molar-refractivity contribution in [2.75, 3.05) is 0 Å². The van der Waals surface area contributed by atoms with E-state index in [2.05, 4.69) is 30.7 Å². The van der Waals surface area contributed by atoms with Crippen molar-refractivity contribution in [2.24, 2.45) is 7.05 Å². The maximum Gasteiger partial charge on any atom is 0.189 e. The zero-order chi connectivity index (χ0) is 14.5. The first-order valence-electron chi connectivity index (χ1n) is 7.72. The minimum absolute atomic E-state index is 0.158. The van der Waals surface area contributed by atoms with E-state index in [1.54, 1.807) is 0 Å². The van der Waals surface area contributed by atoms with Crippen LogP contribution in [0, 0.1) is 6.92 Å². The topological polar surface area (TPSA) is 22.0 Å². The van der Waals surface area contributed by atoms with E-state index >= 15 is 0 Å². The monoisotopic (exact) mass is 271 g/mol. The highest BCUT2D eigenvalue weighted by Gasteiger charge is 2.06. The Labute approximate surface area is 121 Å². The maximum atomic E-state index is 12.2. The third-order valence-electron chi connectivity index (χ3n) is 4.04. The number of benzene rings is 1. The largest absolute Gasteiger partial charge is 0.347 e. The third kappa shape index (κ3) is 3.30. The van der Waals surface area contributed by atoms with Gasteiger partial charge in [0.2, 0.25) is 0 Å². The van der Waals surface area contributed by atoms with Crippen molar-refractivity contribution in [1.82, 2.24) is 4.57 Å². The number of nitrogens with zero attached hydrogens (tertiary/aromatic N) is 1. The first kappa shape index (κ1) is 14.8. The van der Waals surface area contributed by atoms with Gasteiger partial charge in [-0.3, -0.25) is 4.79 Å². The number of aryl methyl sites for hydroxylation is 3. The summed E-state index contributed by atoms with van der Waals surface area (Å²) in [4.78, 5) is 12.2. The highest BCUT2D eigenvalue weighted by atomic mass is 16.1. The molecule has 0 spiro atoms. The van der Waals surface area contributed by atoms with E-state index in [0.717, 1.165) is 28.6 Å². The molecule has 0 bridgehead atoms. The van der Waals surface area contributed by atoms with Crippen LogP contribution in [-0.4, -0.2) is 4.57 Å². The van der Waals surface area contributed by atoms with Crippen LogP contribution >= 0.6 is 0 Å². The Morgan fingerprint density at radius 2 is 1.80 bits per heavy atom. The van der Waals surface area contributed by atoms with E-state index < -0.39 is 0 Å². The molecule has 2 heteroatoms. The van der Waals surface area contributed by atoms with Crippen molar-refractivity contribution in [3.63, 3.8) is 0 Å². The normalized spacial score (nSPS) is 11.2. The molecule has 108 valence electrons. The van der Waals surface area contributed by atoms with E-state index in [4.69, 9.17) is 0 Å². The van der Waals surface area contributed by atoms with Crippen LogP contribution in [0.15, 0.2) is 29.1 Å². The molecule has 0 aliphatic carbocycles. The van der Waals surface area contributed by atoms with Crippen LogP contribution in [0.1, 0.15) is 50.3 Å². The minimum Gasteiger partial charge on any atom is -0.347 e. The van der Waals surface area contributed by atoms with Crippen LogP contribution in [0.2, 0.25) is 0 Å². The Morgan fingerprint density at radius 1 is 1.05 bits per heavy atom. The average molecular weight is 271 g/mol. The SMILES string of the molecule is CCCCCCCc1cc(=O)c2cc(C)ccc2n1C. The molecule has 1 heterocycles. The molecule has 2 nitrogen and oxygen atoms in total. The van der Waals surface area contributed by atoms with Gasteiger partial charge in [-0.25, -0.2) is 0 Å². The summed E-state index contributed by atoms with van der Waals surface area (Å²) in [5.74, 6) is 0. The summed E-state index contributed by atoms with van der Waals surface area (Å²) in [6.45, 7) is 4.26. The standard InChI is InChI=1S/C18H25NO/c1-4-5-6-7-8-9-15-13-18(20)16-12-14(2)10-11-17(16)19(15)3/h10-13H,4-9H2,1-3H3. The zero-order valence-electron chi connectivity index (χ0n) is 12.9. The van der Waals surface area contributed by atoms with Gasteiger partial charge in [-0.15, -0.1) is 0 Å². The van der Waals surface area contributed by atoms with Crippen LogP contribution in [0.3, 0.4) is 0 Å². The van der Waals surface area contributed by atoms with Gasteiger partial charge >= 0.3 is 0 Å². The lowest BCUT2D eigenvalue weighted by Gasteiger charge is -2.12. The Bertz CT molecular complexity index is 640. The third-order valence-corrected chi connectivity index (χ3v) is 4.04. The molecule has 0 aliphatic rings. The van der Waals surface area contributed by atoms with Crippen molar-refractivity contribution < 1.29 is 0 Å². The van der Waals surface area contributed by atoms with Gasteiger partial charge in [0, 0.05) is 24.2 Å². The molecule has 0 N–H and O–H groups in total. The van der Waals surface area contributed by atoms with Gasteiger partial charge in [-0.1, -0.05) is 44.2 Å². The van der Waals surface area contributed by atoms with Crippen molar-refractivity contribution >= 4 is 10.9 Å². The lowest BCUT2D eigenvalue weighted by Crippen LogP contribution is -2.11. The summed E-state index contributed by atoms with van der Waals surface area (Å²) < 4.78 is 2.18. The quantitative estimate of drug-likeness (QED) is 0.715. The molecule has 2 rings (SSSR count). The second-order valence-corrected chi connectivity index (χ2v) is 5.74. The summed E-state index contributed by atoms with van der Waals surface area (Å²) in [7, 11) is 2.07. The zero-order valence-corrected chi connectivity index (χ0v) is 12.9. The van der Waals surface area contributed by atoms with E-state index in [9.17, 15) is 4.79 Å². The second-order valence-electron chi connectivity index (χ2n) is 5.74. The summed E-state index contributed by atoms with van der Waals surface area (Å²) in [6, 6.07) is 7.95. The van der Waals surface area contributed by atoms with Crippen molar-refractivity contribution in [3.05, 3.63) is 45.7 Å². The summed E-state index contributed by atoms with van der Waals surface area (Å²) in [6.07, 6.45) is 7.32. The van der Waals surface area contributed by atoms with Gasteiger partial charge in [0.15, 0.2) is 5.43 Å². The average Bonchev–Trinajstić information content (AvgIpc) is 2.43. The Balaban J connectivity index is 2.20. The summed E-state index contributed by atoms with van der Waals surface area (Å²) >= 11 is 0. The highest BCUT2D eigenvalue weighted by Crippen LogP contribution is 2.15. The van der Waals surface area contributed by atoms with Gasteiger partial charge in [-0.2, -0.15) is 0 Å². The number of aromatic nitrogens is 1. The first-order chi connectivity index (χ1) is 9.63. The van der Waals surface area contributed by atoms with Gasteiger partial charge in [0.25, 0.3) is 0 Å². The Hall–Kier alpha value is -1.57. The molecule has 1 aromatic heterocycles. The first-order valence-corrected chi connectivity index (χ1v) is 7.72. The fourth-order valence-electron chi connectivity index (χ4n) is 2.77. The smallest absolute Gasteiger partial charge is 0.189 e. The van der Waals surface area contributed by atoms with Crippen LogP contribution < -0.4 is 5.43 Å². The lowest BCUT2D eigenvalue weighted by atomic mass is 10.1. The minimum atomic E-state index is 0.158. The maximum absolute atomic E-state index is 12.2. The molecule has 20 heavy (non-hydrogen) atoms. The van der Waals surface area contributed by atoms with Crippen LogP contribution in [0.4, 0.5) is 0 Å². The van der Waals surface area contributed by atoms with Gasteiger partial charge in [0.05, 0.1) is 5.52 Å². The second kappa shape index (κ2) is 6.74. The summed E-state index contributed by atoms with van der Waals surface area (Å²) in [5, 5.41) is 0.835. The molecule has 0 fully saturated rings. The predicted octanol–water partition coefficient (Wildman–Crippen LogP) is 4.36. The highest BCUT2D eigenvalue weighted by molar-refractivity contribution is 5.80. The van der Waals surface area contributed by atoms with Gasteiger partial charge in [-0.05, 0) is 31.9 Å². The van der Waals surface area contributed by atoms with Crippen molar-refractivity contribution in [2.45, 2.75) is 52.4 Å². The molecular weight excluding hydrogens is 246 g/mol. The molecule has 0 unspecified atom stereocenters. The van der Waals surface area contributed by atoms with E-state index in [0.29, 0.717) is 0 Å². The lowest BCUT2D eigenvalue weighted by molar-refractivity contribution is 0.620. The predicted molar refractivity (Wildman–Crippen MR) is 86.4 cm³/mol. The van der Waals surface area contributed by atoms with Gasteiger partial charge < -0.3 is 4.57 Å². The molecule has 0 aliphatic heterocycles. The number of unbranched alkanes of at least 4 members (excludes halogenated alkanes) is 4. The molecule has 2 aromatic rings. The van der Waals surface area contributed by atoms with Gasteiger partial charge in [0.1, 0.15) is 0 Å². The number of pyridine rings is 1. The number of hydrogen-bond acceptors (Lipinski definition) is 1. The van der Waals surface area contributed by atoms with E-state index in [-0.39, 0.29) is 5.43 Å². The summed E-state index contributed by atoms with van der Waals surface area (Å²) in [5.41, 5.74) is 3.50. The molecule has 0 atom stereocenters. The molecular formula is C18H25NO. The Morgan fingerprint density at radius 3 is 2.55 bits per heavy atom. The van der Waals surface area contributed by atoms with E-state index in [1.807, 2.05) is 19.1 Å². The molecule has 0 amide bonds. The number of hydrogen-bond donors (Lipinski definition) is 0. The number of rotatable bonds is 6. The molecule has 1 aromatic carbocycles. The van der Waals surface area contributed by atoms with E-state index in [1.165, 1.54) is 32.1 Å². The fraction of sp³-hybridized carbons (Fsp3) is 0.500. The fourth-order valence-corrected chi connectivity index (χ4v) is 2.77. The molecule has 0 radical (unpaired) electrons. The van der Waals surface area contributed by atoms with Crippen LogP contribution in [-0.2, 0) is 13.5 Å². The number of fused-ring (bicyclic) bond motifs is 1.